The van der Waals surface area contributed by atoms with Gasteiger partial charge in [0.05, 0.1) is 0 Å². The summed E-state index contributed by atoms with van der Waals surface area (Å²) in [6, 6.07) is 8.27. The molecule has 18 heavy (non-hydrogen) atoms. The van der Waals surface area contributed by atoms with Gasteiger partial charge in [0, 0.05) is 19.5 Å². The summed E-state index contributed by atoms with van der Waals surface area (Å²) in [7, 11) is 0. The Morgan fingerprint density at radius 3 is 2.72 bits per heavy atom. The molecule has 1 aliphatic rings. The molecule has 1 unspecified atom stereocenters. The minimum atomic E-state index is -0.962. The van der Waals surface area contributed by atoms with Gasteiger partial charge in [-0.15, -0.1) is 0 Å². The molecule has 1 aromatic carbocycles. The normalized spacial score (nSPS) is 17.1. The van der Waals surface area contributed by atoms with Crippen LogP contribution in [0.2, 0.25) is 0 Å². The Hall–Kier alpha value is -2.04. The average molecular weight is 248 g/mol. The van der Waals surface area contributed by atoms with Crippen molar-refractivity contribution in [2.45, 2.75) is 18.9 Å². The number of benzene rings is 1. The zero-order chi connectivity index (χ0) is 13.0. The fourth-order valence-corrected chi connectivity index (χ4v) is 2.11. The van der Waals surface area contributed by atoms with Crippen molar-refractivity contribution in [1.29, 1.82) is 0 Å². The lowest BCUT2D eigenvalue weighted by Gasteiger charge is -2.32. The second-order valence-electron chi connectivity index (χ2n) is 4.32. The summed E-state index contributed by atoms with van der Waals surface area (Å²) in [5.41, 5.74) is 0.920. The third-order valence-corrected chi connectivity index (χ3v) is 3.05. The molecule has 0 aliphatic carbocycles. The molecule has 1 saturated heterocycles. The number of carboxylic acids is 1. The molecule has 2 rings (SSSR count). The molecule has 2 N–H and O–H groups in total. The zero-order valence-electron chi connectivity index (χ0n) is 10.0. The topological polar surface area (TPSA) is 69.6 Å². The minimum absolute atomic E-state index is 0.287. The van der Waals surface area contributed by atoms with Gasteiger partial charge < -0.3 is 15.3 Å². The molecule has 96 valence electrons. The zero-order valence-corrected chi connectivity index (χ0v) is 10.0. The van der Waals surface area contributed by atoms with E-state index in [0.29, 0.717) is 19.5 Å². The van der Waals surface area contributed by atoms with Crippen LogP contribution in [0, 0.1) is 0 Å². The van der Waals surface area contributed by atoms with Gasteiger partial charge in [0.15, 0.2) is 0 Å². The Balaban J connectivity index is 2.13. The predicted molar refractivity (Wildman–Crippen MR) is 66.3 cm³/mol. The number of carbonyl (C=O) groups excluding carboxylic acids is 1. The Bertz CT molecular complexity index is 433. The van der Waals surface area contributed by atoms with Gasteiger partial charge in [-0.1, -0.05) is 30.3 Å². The van der Waals surface area contributed by atoms with Crippen LogP contribution in [0.25, 0.3) is 0 Å². The van der Waals surface area contributed by atoms with Gasteiger partial charge in [-0.2, -0.15) is 0 Å². The molecular formula is C13H16N2O3. The first kappa shape index (κ1) is 12.4. The summed E-state index contributed by atoms with van der Waals surface area (Å²) in [4.78, 5) is 24.4. The van der Waals surface area contributed by atoms with Crippen LogP contribution >= 0.6 is 0 Å². The molecule has 5 heteroatoms. The Morgan fingerprint density at radius 2 is 2.11 bits per heavy atom. The number of hydrogen-bond acceptors (Lipinski definition) is 2. The van der Waals surface area contributed by atoms with Crippen molar-refractivity contribution in [3.8, 4) is 0 Å². The summed E-state index contributed by atoms with van der Waals surface area (Å²) < 4.78 is 0. The first-order valence-corrected chi connectivity index (χ1v) is 5.99. The third-order valence-electron chi connectivity index (χ3n) is 3.05. The molecule has 2 amide bonds. The number of hydrogen-bond donors (Lipinski definition) is 2. The van der Waals surface area contributed by atoms with Crippen LogP contribution in [0.4, 0.5) is 4.79 Å². The molecule has 0 aromatic heterocycles. The summed E-state index contributed by atoms with van der Waals surface area (Å²) in [6.45, 7) is 1.11. The smallest absolute Gasteiger partial charge is 0.326 e. The molecule has 0 bridgehead atoms. The van der Waals surface area contributed by atoms with Crippen molar-refractivity contribution in [2.24, 2.45) is 0 Å². The van der Waals surface area contributed by atoms with E-state index < -0.39 is 12.0 Å². The lowest BCUT2D eigenvalue weighted by molar-refractivity contribution is -0.142. The molecule has 1 fully saturated rings. The lowest BCUT2D eigenvalue weighted by Crippen LogP contribution is -2.54. The summed E-state index contributed by atoms with van der Waals surface area (Å²) >= 11 is 0. The van der Waals surface area contributed by atoms with Gasteiger partial charge in [-0.05, 0) is 12.0 Å². The van der Waals surface area contributed by atoms with Crippen molar-refractivity contribution >= 4 is 12.0 Å². The third kappa shape index (κ3) is 2.80. The van der Waals surface area contributed by atoms with Gasteiger partial charge in [-0.25, -0.2) is 9.59 Å². The van der Waals surface area contributed by atoms with Gasteiger partial charge in [0.1, 0.15) is 6.04 Å². The fraction of sp³-hybridized carbons (Fsp3) is 0.385. The largest absolute Gasteiger partial charge is 0.480 e. The molecule has 1 aliphatic heterocycles. The van der Waals surface area contributed by atoms with E-state index in [1.54, 1.807) is 0 Å². The highest BCUT2D eigenvalue weighted by molar-refractivity contribution is 5.83. The first-order chi connectivity index (χ1) is 8.68. The highest BCUT2D eigenvalue weighted by Crippen LogP contribution is 2.12. The summed E-state index contributed by atoms with van der Waals surface area (Å²) in [5.74, 6) is -0.962. The fourth-order valence-electron chi connectivity index (χ4n) is 2.11. The number of carbonyl (C=O) groups is 2. The average Bonchev–Trinajstić information content (AvgIpc) is 2.38. The molecule has 0 spiro atoms. The molecule has 1 atom stereocenters. The van der Waals surface area contributed by atoms with E-state index >= 15 is 0 Å². The quantitative estimate of drug-likeness (QED) is 0.838. The highest BCUT2D eigenvalue weighted by Gasteiger charge is 2.31. The monoisotopic (exact) mass is 248 g/mol. The van der Waals surface area contributed by atoms with Crippen molar-refractivity contribution in [1.82, 2.24) is 10.2 Å². The number of urea groups is 1. The molecule has 1 aromatic rings. The van der Waals surface area contributed by atoms with Crippen LogP contribution < -0.4 is 5.32 Å². The van der Waals surface area contributed by atoms with Crippen LogP contribution in [0.15, 0.2) is 30.3 Å². The maximum absolute atomic E-state index is 11.7. The second-order valence-corrected chi connectivity index (χ2v) is 4.32. The van der Waals surface area contributed by atoms with Gasteiger partial charge in [0.25, 0.3) is 0 Å². The minimum Gasteiger partial charge on any atom is -0.480 e. The number of rotatable bonds is 4. The van der Waals surface area contributed by atoms with E-state index in [9.17, 15) is 14.7 Å². The SMILES string of the molecule is O=C(O)C(Cc1ccccc1)N1CCCNC1=O. The standard InChI is InChI=1S/C13H16N2O3/c16-12(17)11(9-10-5-2-1-3-6-10)15-8-4-7-14-13(15)18/h1-3,5-6,11H,4,7-9H2,(H,14,18)(H,16,17). The molecular weight excluding hydrogens is 232 g/mol. The lowest BCUT2D eigenvalue weighted by atomic mass is 10.0. The van der Waals surface area contributed by atoms with E-state index in [0.717, 1.165) is 12.0 Å². The Morgan fingerprint density at radius 1 is 1.39 bits per heavy atom. The number of nitrogens with zero attached hydrogens (tertiary/aromatic N) is 1. The molecule has 1 heterocycles. The van der Waals surface area contributed by atoms with Crippen LogP contribution in [-0.2, 0) is 11.2 Å². The van der Waals surface area contributed by atoms with E-state index in [1.165, 1.54) is 4.90 Å². The van der Waals surface area contributed by atoms with Crippen LogP contribution in [0.3, 0.4) is 0 Å². The summed E-state index contributed by atoms with van der Waals surface area (Å²) in [6.07, 6.45) is 1.12. The Labute approximate surface area is 105 Å². The number of carboxylic acid groups (broad SMARTS) is 1. The van der Waals surface area contributed by atoms with Crippen LogP contribution in [0.5, 0.6) is 0 Å². The van der Waals surface area contributed by atoms with Crippen molar-refractivity contribution in [3.63, 3.8) is 0 Å². The maximum atomic E-state index is 11.7. The number of amides is 2. The van der Waals surface area contributed by atoms with E-state index in [1.807, 2.05) is 30.3 Å². The Kier molecular flexibility index (Phi) is 3.82. The maximum Gasteiger partial charge on any atom is 0.326 e. The predicted octanol–water partition coefficient (Wildman–Crippen LogP) is 1.10. The van der Waals surface area contributed by atoms with Gasteiger partial charge in [0.2, 0.25) is 0 Å². The van der Waals surface area contributed by atoms with Crippen LogP contribution in [0.1, 0.15) is 12.0 Å². The highest BCUT2D eigenvalue weighted by atomic mass is 16.4. The van der Waals surface area contributed by atoms with E-state index in [4.69, 9.17) is 0 Å². The van der Waals surface area contributed by atoms with Gasteiger partial charge in [-0.3, -0.25) is 0 Å². The number of aliphatic carboxylic acids is 1. The van der Waals surface area contributed by atoms with E-state index in [-0.39, 0.29) is 6.03 Å². The molecule has 5 nitrogen and oxygen atoms in total. The van der Waals surface area contributed by atoms with Crippen molar-refractivity contribution < 1.29 is 14.7 Å². The van der Waals surface area contributed by atoms with Crippen molar-refractivity contribution in [2.75, 3.05) is 13.1 Å². The first-order valence-electron chi connectivity index (χ1n) is 5.99. The summed E-state index contributed by atoms with van der Waals surface area (Å²) in [5, 5.41) is 12.0. The van der Waals surface area contributed by atoms with Crippen molar-refractivity contribution in [3.05, 3.63) is 35.9 Å². The van der Waals surface area contributed by atoms with E-state index in [2.05, 4.69) is 5.32 Å². The molecule has 0 saturated carbocycles. The van der Waals surface area contributed by atoms with Gasteiger partial charge >= 0.3 is 12.0 Å². The molecule has 0 radical (unpaired) electrons. The number of nitrogens with one attached hydrogen (secondary N) is 1. The second kappa shape index (κ2) is 5.53. The van der Waals surface area contributed by atoms with Crippen LogP contribution in [-0.4, -0.2) is 41.1 Å².